The molecule has 4 nitrogen and oxygen atoms in total. The van der Waals surface area contributed by atoms with Crippen LogP contribution in [0.5, 0.6) is 0 Å². The summed E-state index contributed by atoms with van der Waals surface area (Å²) in [5.74, 6) is 1.82. The summed E-state index contributed by atoms with van der Waals surface area (Å²) in [6.07, 6.45) is 11.0. The minimum atomic E-state index is 0.640. The molecule has 3 rings (SSSR count). The first-order valence-corrected chi connectivity index (χ1v) is 8.56. The molecule has 114 valence electrons. The van der Waals surface area contributed by atoms with Gasteiger partial charge in [0.25, 0.3) is 0 Å². The molecule has 2 N–H and O–H groups in total. The fourth-order valence-corrected chi connectivity index (χ4v) is 3.68. The Balaban J connectivity index is 1.37. The second kappa shape index (κ2) is 6.79. The van der Waals surface area contributed by atoms with Gasteiger partial charge in [0.15, 0.2) is 5.96 Å². The smallest absolute Gasteiger partial charge is 0.191 e. The van der Waals surface area contributed by atoms with E-state index in [1.807, 2.05) is 7.05 Å². The molecule has 0 amide bonds. The van der Waals surface area contributed by atoms with Crippen LogP contribution in [-0.4, -0.2) is 49.6 Å². The van der Waals surface area contributed by atoms with Crippen LogP contribution >= 0.6 is 0 Å². The van der Waals surface area contributed by atoms with Gasteiger partial charge < -0.3 is 15.5 Å². The van der Waals surface area contributed by atoms with Crippen LogP contribution in [0.4, 0.5) is 0 Å². The molecule has 1 aliphatic heterocycles. The van der Waals surface area contributed by atoms with E-state index in [4.69, 9.17) is 0 Å². The first-order chi connectivity index (χ1) is 9.85. The molecule has 1 atom stereocenters. The molecule has 0 aromatic rings. The predicted molar refractivity (Wildman–Crippen MR) is 84.1 cm³/mol. The normalized spacial score (nSPS) is 29.6. The lowest BCUT2D eigenvalue weighted by molar-refractivity contribution is 0.314. The summed E-state index contributed by atoms with van der Waals surface area (Å²) in [5, 5.41) is 7.15. The third-order valence-electron chi connectivity index (χ3n) is 5.11. The number of rotatable bonds is 4. The van der Waals surface area contributed by atoms with Crippen molar-refractivity contribution in [1.82, 2.24) is 15.5 Å². The highest BCUT2D eigenvalue weighted by atomic mass is 15.2. The number of nitrogens with one attached hydrogen (secondary N) is 2. The van der Waals surface area contributed by atoms with Crippen molar-refractivity contribution < 1.29 is 0 Å². The molecule has 0 spiro atoms. The maximum absolute atomic E-state index is 4.39. The van der Waals surface area contributed by atoms with Crippen LogP contribution in [-0.2, 0) is 0 Å². The monoisotopic (exact) mass is 278 g/mol. The van der Waals surface area contributed by atoms with Crippen LogP contribution in [0.3, 0.4) is 0 Å². The summed E-state index contributed by atoms with van der Waals surface area (Å²) in [4.78, 5) is 7.07. The van der Waals surface area contributed by atoms with E-state index in [1.54, 1.807) is 0 Å². The standard InChI is InChI=1S/C16H30N4/c1-17-16(19-14-5-3-2-4-6-14)18-11-13-9-10-20(12-13)15-7-8-15/h13-15H,2-12H2,1H3,(H2,17,18,19). The van der Waals surface area contributed by atoms with Gasteiger partial charge >= 0.3 is 0 Å². The average Bonchev–Trinajstić information content (AvgIpc) is 3.24. The second-order valence-corrected chi connectivity index (χ2v) is 6.81. The van der Waals surface area contributed by atoms with Crippen molar-refractivity contribution in [2.24, 2.45) is 10.9 Å². The maximum Gasteiger partial charge on any atom is 0.191 e. The molecular formula is C16H30N4. The third-order valence-corrected chi connectivity index (χ3v) is 5.11. The largest absolute Gasteiger partial charge is 0.356 e. The first kappa shape index (κ1) is 14.2. The number of nitrogens with zero attached hydrogens (tertiary/aromatic N) is 2. The molecule has 20 heavy (non-hydrogen) atoms. The highest BCUT2D eigenvalue weighted by Crippen LogP contribution is 2.31. The SMILES string of the molecule is CN=C(NCC1CCN(C2CC2)C1)NC1CCCCC1. The molecule has 0 radical (unpaired) electrons. The van der Waals surface area contributed by atoms with Crippen LogP contribution in [0.2, 0.25) is 0 Å². The van der Waals surface area contributed by atoms with E-state index in [9.17, 15) is 0 Å². The number of guanidine groups is 1. The maximum atomic E-state index is 4.39. The molecule has 0 aromatic carbocycles. The van der Waals surface area contributed by atoms with Gasteiger partial charge in [0.05, 0.1) is 0 Å². The number of aliphatic imine (C=N–C) groups is 1. The molecule has 2 saturated carbocycles. The van der Waals surface area contributed by atoms with Crippen molar-refractivity contribution in [1.29, 1.82) is 0 Å². The van der Waals surface area contributed by atoms with Crippen LogP contribution in [0.25, 0.3) is 0 Å². The van der Waals surface area contributed by atoms with Crippen molar-refractivity contribution in [2.75, 3.05) is 26.7 Å². The van der Waals surface area contributed by atoms with Gasteiger partial charge in [-0.1, -0.05) is 19.3 Å². The van der Waals surface area contributed by atoms with Gasteiger partial charge in [-0.3, -0.25) is 4.99 Å². The van der Waals surface area contributed by atoms with Crippen molar-refractivity contribution in [3.8, 4) is 0 Å². The first-order valence-electron chi connectivity index (χ1n) is 8.56. The van der Waals surface area contributed by atoms with Gasteiger partial charge in [-0.25, -0.2) is 0 Å². The summed E-state index contributed by atoms with van der Waals surface area (Å²) in [5.41, 5.74) is 0. The van der Waals surface area contributed by atoms with Gasteiger partial charge in [-0.2, -0.15) is 0 Å². The lowest BCUT2D eigenvalue weighted by Gasteiger charge is -2.25. The van der Waals surface area contributed by atoms with Crippen molar-refractivity contribution in [3.05, 3.63) is 0 Å². The lowest BCUT2D eigenvalue weighted by atomic mass is 9.96. The molecular weight excluding hydrogens is 248 g/mol. The van der Waals surface area contributed by atoms with E-state index in [1.165, 1.54) is 64.5 Å². The Morgan fingerprint density at radius 1 is 1.10 bits per heavy atom. The molecule has 3 aliphatic rings. The molecule has 0 aromatic heterocycles. The Morgan fingerprint density at radius 3 is 2.60 bits per heavy atom. The summed E-state index contributed by atoms with van der Waals surface area (Å²) in [6.45, 7) is 3.68. The molecule has 0 bridgehead atoms. The highest BCUT2D eigenvalue weighted by Gasteiger charge is 2.34. The minimum absolute atomic E-state index is 0.640. The van der Waals surface area contributed by atoms with Crippen LogP contribution in [0.1, 0.15) is 51.4 Å². The Labute approximate surface area is 123 Å². The third kappa shape index (κ3) is 3.87. The summed E-state index contributed by atoms with van der Waals surface area (Å²) < 4.78 is 0. The van der Waals surface area contributed by atoms with E-state index < -0.39 is 0 Å². The van der Waals surface area contributed by atoms with Crippen LogP contribution < -0.4 is 10.6 Å². The van der Waals surface area contributed by atoms with E-state index in [0.29, 0.717) is 6.04 Å². The lowest BCUT2D eigenvalue weighted by Crippen LogP contribution is -2.45. The quantitative estimate of drug-likeness (QED) is 0.610. The predicted octanol–water partition coefficient (Wildman–Crippen LogP) is 1.97. The summed E-state index contributed by atoms with van der Waals surface area (Å²) >= 11 is 0. The Hall–Kier alpha value is -0.770. The fourth-order valence-electron chi connectivity index (χ4n) is 3.68. The van der Waals surface area contributed by atoms with Gasteiger partial charge in [0.2, 0.25) is 0 Å². The van der Waals surface area contributed by atoms with E-state index in [0.717, 1.165) is 24.5 Å². The zero-order valence-electron chi connectivity index (χ0n) is 12.9. The summed E-state index contributed by atoms with van der Waals surface area (Å²) in [7, 11) is 1.89. The van der Waals surface area contributed by atoms with Crippen LogP contribution in [0, 0.1) is 5.92 Å². The highest BCUT2D eigenvalue weighted by molar-refractivity contribution is 5.79. The fraction of sp³-hybridized carbons (Fsp3) is 0.938. The van der Waals surface area contributed by atoms with Gasteiger partial charge in [-0.05, 0) is 44.6 Å². The molecule has 4 heteroatoms. The van der Waals surface area contributed by atoms with E-state index >= 15 is 0 Å². The van der Waals surface area contributed by atoms with Gasteiger partial charge in [0.1, 0.15) is 0 Å². The second-order valence-electron chi connectivity index (χ2n) is 6.81. The Kier molecular flexibility index (Phi) is 4.81. The zero-order chi connectivity index (χ0) is 13.8. The summed E-state index contributed by atoms with van der Waals surface area (Å²) in [6, 6.07) is 1.57. The molecule has 1 saturated heterocycles. The number of hydrogen-bond donors (Lipinski definition) is 2. The van der Waals surface area contributed by atoms with Crippen LogP contribution in [0.15, 0.2) is 4.99 Å². The molecule has 1 unspecified atom stereocenters. The van der Waals surface area contributed by atoms with Crippen molar-refractivity contribution in [3.63, 3.8) is 0 Å². The number of hydrogen-bond acceptors (Lipinski definition) is 2. The van der Waals surface area contributed by atoms with E-state index in [-0.39, 0.29) is 0 Å². The average molecular weight is 278 g/mol. The number of likely N-dealkylation sites (tertiary alicyclic amines) is 1. The van der Waals surface area contributed by atoms with Gasteiger partial charge in [0, 0.05) is 32.2 Å². The zero-order valence-corrected chi connectivity index (χ0v) is 12.9. The topological polar surface area (TPSA) is 39.7 Å². The van der Waals surface area contributed by atoms with Crippen molar-refractivity contribution in [2.45, 2.75) is 63.5 Å². The molecule has 3 fully saturated rings. The Bertz CT molecular complexity index is 331. The van der Waals surface area contributed by atoms with E-state index in [2.05, 4.69) is 20.5 Å². The van der Waals surface area contributed by atoms with Crippen molar-refractivity contribution >= 4 is 5.96 Å². The molecule has 2 aliphatic carbocycles. The van der Waals surface area contributed by atoms with Gasteiger partial charge in [-0.15, -0.1) is 0 Å². The minimum Gasteiger partial charge on any atom is -0.356 e. The Morgan fingerprint density at radius 2 is 1.90 bits per heavy atom. The molecule has 1 heterocycles.